The Labute approximate surface area is 87.7 Å². The molecule has 0 aliphatic rings. The number of benzene rings is 1. The fourth-order valence-corrected chi connectivity index (χ4v) is 0.994. The van der Waals surface area contributed by atoms with Gasteiger partial charge >= 0.3 is 7.69 Å². The van der Waals surface area contributed by atoms with Gasteiger partial charge in [0.05, 0.1) is 0 Å². The van der Waals surface area contributed by atoms with Gasteiger partial charge in [0.25, 0.3) is 0 Å². The molecule has 2 aromatic rings. The van der Waals surface area contributed by atoms with Crippen LogP contribution in [-0.4, -0.2) is 27.9 Å². The summed E-state index contributed by atoms with van der Waals surface area (Å²) < 4.78 is 5.25. The quantitative estimate of drug-likeness (QED) is 0.664. The number of rotatable bonds is 1. The number of aromatic nitrogens is 2. The highest BCUT2D eigenvalue weighted by Gasteiger charge is 2.02. The largest absolute Gasteiger partial charge is 0.482 e. The minimum atomic E-state index is 0. The maximum absolute atomic E-state index is 7.00. The summed E-state index contributed by atoms with van der Waals surface area (Å²) in [6.07, 6.45) is 0. The molecule has 0 unspecified atom stereocenters. The fourth-order valence-electron chi connectivity index (χ4n) is 0.994. The highest BCUT2D eigenvalue weighted by atomic mass is 16.4. The maximum Gasteiger partial charge on any atom is 0.482 e. The summed E-state index contributed by atoms with van der Waals surface area (Å²) in [4.78, 5) is 0. The predicted molar refractivity (Wildman–Crippen MR) is 54.7 cm³/mol. The Morgan fingerprint density at radius 3 is 2.20 bits per heavy atom. The smallest absolute Gasteiger partial charge is 0.429 e. The molecule has 0 saturated carbocycles. The van der Waals surface area contributed by atoms with Gasteiger partial charge in [0, 0.05) is 12.5 Å². The zero-order chi connectivity index (χ0) is 11.1. The Morgan fingerprint density at radius 1 is 1.13 bits per heavy atom. The van der Waals surface area contributed by atoms with Crippen molar-refractivity contribution in [2.24, 2.45) is 0 Å². The summed E-state index contributed by atoms with van der Waals surface area (Å²) in [5, 5.41) is 21.6. The normalized spacial score (nSPS) is 9.00. The van der Waals surface area contributed by atoms with Gasteiger partial charge in [0.15, 0.2) is 0 Å². The first-order chi connectivity index (χ1) is 7.27. The van der Waals surface area contributed by atoms with Gasteiger partial charge in [0.1, 0.15) is 0 Å². The molecule has 1 aromatic carbocycles. The third-order valence-corrected chi connectivity index (χ3v) is 1.55. The van der Waals surface area contributed by atoms with Crippen LogP contribution in [0.25, 0.3) is 11.5 Å². The van der Waals surface area contributed by atoms with Crippen molar-refractivity contribution in [1.82, 2.24) is 10.2 Å². The molecule has 0 amide bonds. The van der Waals surface area contributed by atoms with Crippen molar-refractivity contribution in [3.8, 4) is 11.5 Å². The summed E-state index contributed by atoms with van der Waals surface area (Å²) in [7, 11) is 0. The first-order valence-corrected chi connectivity index (χ1v) is 4.23. The van der Waals surface area contributed by atoms with Crippen molar-refractivity contribution in [2.75, 3.05) is 0 Å². The molecule has 2 N–H and O–H groups in total. The van der Waals surface area contributed by atoms with E-state index < -0.39 is 0 Å². The van der Waals surface area contributed by atoms with Gasteiger partial charge in [-0.1, -0.05) is 18.2 Å². The van der Waals surface area contributed by atoms with Crippen LogP contribution in [0.15, 0.2) is 34.7 Å². The van der Waals surface area contributed by atoms with Gasteiger partial charge in [0.2, 0.25) is 11.8 Å². The second-order valence-electron chi connectivity index (χ2n) is 2.61. The lowest BCUT2D eigenvalue weighted by Crippen LogP contribution is -1.75. The molecule has 5 nitrogen and oxygen atoms in total. The molecule has 0 aliphatic heterocycles. The average molecular weight is 205 g/mol. The zero-order valence-corrected chi connectivity index (χ0v) is 8.16. The third kappa shape index (κ3) is 3.53. The van der Waals surface area contributed by atoms with E-state index in [-0.39, 0.29) is 7.69 Å². The lowest BCUT2D eigenvalue weighted by atomic mass is 10.2. The van der Waals surface area contributed by atoms with E-state index in [1.54, 1.807) is 6.92 Å². The molecule has 0 spiro atoms. The molecular formula is C9H10BN2O3. The molecule has 0 aliphatic carbocycles. The second-order valence-corrected chi connectivity index (χ2v) is 2.61. The predicted octanol–water partition coefficient (Wildman–Crippen LogP) is 0.550. The van der Waals surface area contributed by atoms with Crippen LogP contribution in [0, 0.1) is 6.92 Å². The highest BCUT2D eigenvalue weighted by molar-refractivity contribution is 6.13. The molecule has 1 aromatic heterocycles. The van der Waals surface area contributed by atoms with Crippen molar-refractivity contribution in [1.29, 1.82) is 0 Å². The molecular weight excluding hydrogens is 195 g/mol. The first-order valence-electron chi connectivity index (χ1n) is 4.23. The monoisotopic (exact) mass is 205 g/mol. The number of nitrogens with zero attached hydrogens (tertiary/aromatic N) is 2. The van der Waals surface area contributed by atoms with E-state index in [1.165, 1.54) is 0 Å². The zero-order valence-electron chi connectivity index (χ0n) is 8.16. The maximum atomic E-state index is 7.00. The Bertz CT molecular complexity index is 391. The molecule has 2 rings (SSSR count). The van der Waals surface area contributed by atoms with Crippen LogP contribution in [0.2, 0.25) is 0 Å². The SMILES string of the molecule is Cc1nnc(-c2ccccc2)o1.O[B]O. The molecule has 77 valence electrons. The van der Waals surface area contributed by atoms with Gasteiger partial charge in [-0.15, -0.1) is 10.2 Å². The van der Waals surface area contributed by atoms with E-state index in [0.29, 0.717) is 11.8 Å². The van der Waals surface area contributed by atoms with Crippen LogP contribution in [0.3, 0.4) is 0 Å². The van der Waals surface area contributed by atoms with Gasteiger partial charge in [-0.3, -0.25) is 0 Å². The number of hydrogen-bond donors (Lipinski definition) is 2. The van der Waals surface area contributed by atoms with Gasteiger partial charge < -0.3 is 14.5 Å². The average Bonchev–Trinajstić information content (AvgIpc) is 2.67. The van der Waals surface area contributed by atoms with Crippen molar-refractivity contribution >= 4 is 7.69 Å². The summed E-state index contributed by atoms with van der Waals surface area (Å²) in [5.74, 6) is 1.17. The van der Waals surface area contributed by atoms with Crippen molar-refractivity contribution in [2.45, 2.75) is 6.92 Å². The van der Waals surface area contributed by atoms with Crippen LogP contribution < -0.4 is 0 Å². The Kier molecular flexibility index (Phi) is 4.53. The molecule has 0 saturated heterocycles. The number of hydrogen-bond acceptors (Lipinski definition) is 5. The molecule has 0 bridgehead atoms. The third-order valence-electron chi connectivity index (χ3n) is 1.55. The van der Waals surface area contributed by atoms with Crippen LogP contribution >= 0.6 is 0 Å². The van der Waals surface area contributed by atoms with Crippen molar-refractivity contribution in [3.05, 3.63) is 36.2 Å². The summed E-state index contributed by atoms with van der Waals surface area (Å²) in [6, 6.07) is 9.70. The molecule has 0 atom stereocenters. The van der Waals surface area contributed by atoms with Crippen LogP contribution in [0.4, 0.5) is 0 Å². The topological polar surface area (TPSA) is 79.4 Å². The highest BCUT2D eigenvalue weighted by Crippen LogP contribution is 2.15. The van der Waals surface area contributed by atoms with Crippen molar-refractivity contribution < 1.29 is 14.5 Å². The van der Waals surface area contributed by atoms with Gasteiger partial charge in [-0.25, -0.2) is 0 Å². The standard InChI is InChI=1S/C9H8N2O.BH2O2/c1-7-10-11-9(12-7)8-5-3-2-4-6-8;2-1-3/h2-6H,1H3;2-3H. The Morgan fingerprint density at radius 2 is 1.73 bits per heavy atom. The summed E-state index contributed by atoms with van der Waals surface area (Å²) in [5.41, 5.74) is 0.957. The van der Waals surface area contributed by atoms with E-state index >= 15 is 0 Å². The number of aryl methyl sites for hydroxylation is 1. The van der Waals surface area contributed by atoms with Crippen LogP contribution in [0.1, 0.15) is 5.89 Å². The Balaban J connectivity index is 0.000000337. The molecule has 1 radical (unpaired) electrons. The lowest BCUT2D eigenvalue weighted by molar-refractivity contribution is 0.448. The van der Waals surface area contributed by atoms with Crippen molar-refractivity contribution in [3.63, 3.8) is 0 Å². The van der Waals surface area contributed by atoms with E-state index in [9.17, 15) is 0 Å². The molecule has 15 heavy (non-hydrogen) atoms. The van der Waals surface area contributed by atoms with Crippen LogP contribution in [0.5, 0.6) is 0 Å². The van der Waals surface area contributed by atoms with Crippen LogP contribution in [-0.2, 0) is 0 Å². The molecule has 6 heteroatoms. The van der Waals surface area contributed by atoms with E-state index in [4.69, 9.17) is 14.5 Å². The van der Waals surface area contributed by atoms with E-state index in [1.807, 2.05) is 30.3 Å². The Hall–Kier alpha value is -1.66. The minimum Gasteiger partial charge on any atom is -0.429 e. The summed E-state index contributed by atoms with van der Waals surface area (Å²) in [6.45, 7) is 1.78. The molecule has 0 fully saturated rings. The van der Waals surface area contributed by atoms with Gasteiger partial charge in [-0.05, 0) is 12.1 Å². The van der Waals surface area contributed by atoms with Gasteiger partial charge in [-0.2, -0.15) is 0 Å². The lowest BCUT2D eigenvalue weighted by Gasteiger charge is -1.90. The first kappa shape index (κ1) is 11.4. The molecule has 1 heterocycles. The fraction of sp³-hybridized carbons (Fsp3) is 0.111. The second kappa shape index (κ2) is 5.95. The minimum absolute atomic E-state index is 0. The van der Waals surface area contributed by atoms with E-state index in [0.717, 1.165) is 5.56 Å². The van der Waals surface area contributed by atoms with E-state index in [2.05, 4.69) is 10.2 Å². The summed E-state index contributed by atoms with van der Waals surface area (Å²) >= 11 is 0.